The molecule has 0 aliphatic rings. The maximum Gasteiger partial charge on any atom is 0.271 e. The van der Waals surface area contributed by atoms with Crippen LogP contribution in [0.1, 0.15) is 10.5 Å². The summed E-state index contributed by atoms with van der Waals surface area (Å²) in [5.41, 5.74) is 0.386. The standard InChI is InChI=1S/C12H11BrN2O2/c1-17-7-15-12(16)11-5-8-2-3-10(13)4-9(8)6-14-11/h2-6H,7H2,1H3,(H,15,16). The molecule has 0 aliphatic carbocycles. The van der Waals surface area contributed by atoms with Crippen LogP contribution in [0.25, 0.3) is 10.8 Å². The quantitative estimate of drug-likeness (QED) is 0.884. The smallest absolute Gasteiger partial charge is 0.271 e. The van der Waals surface area contributed by atoms with E-state index >= 15 is 0 Å². The number of ether oxygens (including phenoxy) is 1. The van der Waals surface area contributed by atoms with Gasteiger partial charge in [0, 0.05) is 23.2 Å². The molecule has 0 saturated heterocycles. The highest BCUT2D eigenvalue weighted by Crippen LogP contribution is 2.19. The lowest BCUT2D eigenvalue weighted by molar-refractivity contribution is 0.0867. The summed E-state index contributed by atoms with van der Waals surface area (Å²) in [5, 5.41) is 4.56. The summed E-state index contributed by atoms with van der Waals surface area (Å²) in [6.45, 7) is 0.179. The Hall–Kier alpha value is -1.46. The molecule has 1 N–H and O–H groups in total. The molecular formula is C12H11BrN2O2. The van der Waals surface area contributed by atoms with Crippen molar-refractivity contribution in [3.8, 4) is 0 Å². The minimum absolute atomic E-state index is 0.179. The minimum Gasteiger partial charge on any atom is -0.364 e. The van der Waals surface area contributed by atoms with Crippen LogP contribution in [0.4, 0.5) is 0 Å². The second kappa shape index (κ2) is 5.25. The van der Waals surface area contributed by atoms with Gasteiger partial charge in [-0.05, 0) is 23.6 Å². The van der Waals surface area contributed by atoms with E-state index in [4.69, 9.17) is 4.74 Å². The molecule has 0 unspecified atom stereocenters. The average Bonchev–Trinajstić information content (AvgIpc) is 2.35. The molecule has 2 aromatic rings. The summed E-state index contributed by atoms with van der Waals surface area (Å²) in [6, 6.07) is 7.58. The maximum absolute atomic E-state index is 11.7. The first-order chi connectivity index (χ1) is 8.20. The summed E-state index contributed by atoms with van der Waals surface area (Å²) in [6.07, 6.45) is 1.68. The predicted molar refractivity (Wildman–Crippen MR) is 68.8 cm³/mol. The van der Waals surface area contributed by atoms with Crippen molar-refractivity contribution in [2.45, 2.75) is 0 Å². The number of hydrogen-bond acceptors (Lipinski definition) is 3. The number of pyridine rings is 1. The molecule has 5 heteroatoms. The highest BCUT2D eigenvalue weighted by Gasteiger charge is 2.07. The van der Waals surface area contributed by atoms with Crippen LogP contribution in [0, 0.1) is 0 Å². The Bertz CT molecular complexity index is 557. The number of halogens is 1. The van der Waals surface area contributed by atoms with E-state index < -0.39 is 0 Å². The van der Waals surface area contributed by atoms with Gasteiger partial charge in [-0.1, -0.05) is 22.0 Å². The molecule has 1 heterocycles. The van der Waals surface area contributed by atoms with Gasteiger partial charge in [0.05, 0.1) is 0 Å². The Balaban J connectivity index is 2.31. The molecule has 0 saturated carbocycles. The van der Waals surface area contributed by atoms with Crippen molar-refractivity contribution in [3.05, 3.63) is 40.6 Å². The van der Waals surface area contributed by atoms with Crippen LogP contribution >= 0.6 is 15.9 Å². The number of aromatic nitrogens is 1. The number of nitrogens with one attached hydrogen (secondary N) is 1. The van der Waals surface area contributed by atoms with Crippen molar-refractivity contribution in [3.63, 3.8) is 0 Å². The van der Waals surface area contributed by atoms with E-state index in [0.717, 1.165) is 15.2 Å². The highest BCUT2D eigenvalue weighted by molar-refractivity contribution is 9.10. The summed E-state index contributed by atoms with van der Waals surface area (Å²) in [7, 11) is 1.52. The van der Waals surface area contributed by atoms with Gasteiger partial charge < -0.3 is 10.1 Å². The molecule has 0 radical (unpaired) electrons. The Morgan fingerprint density at radius 1 is 1.41 bits per heavy atom. The number of benzene rings is 1. The van der Waals surface area contributed by atoms with Crippen LogP contribution in [0.5, 0.6) is 0 Å². The Kier molecular flexibility index (Phi) is 3.71. The van der Waals surface area contributed by atoms with Gasteiger partial charge >= 0.3 is 0 Å². The molecule has 0 spiro atoms. The van der Waals surface area contributed by atoms with Crippen LogP contribution in [0.15, 0.2) is 34.9 Å². The number of hydrogen-bond donors (Lipinski definition) is 1. The average molecular weight is 295 g/mol. The molecule has 1 aromatic heterocycles. The first kappa shape index (κ1) is 12.0. The van der Waals surface area contributed by atoms with Crippen molar-refractivity contribution < 1.29 is 9.53 Å². The molecule has 0 aliphatic heterocycles. The normalized spacial score (nSPS) is 10.5. The summed E-state index contributed by atoms with van der Waals surface area (Å²) >= 11 is 3.39. The molecule has 2 rings (SSSR count). The van der Waals surface area contributed by atoms with E-state index in [1.165, 1.54) is 7.11 Å². The molecule has 88 valence electrons. The molecule has 4 nitrogen and oxygen atoms in total. The lowest BCUT2D eigenvalue weighted by Gasteiger charge is -2.04. The monoisotopic (exact) mass is 294 g/mol. The van der Waals surface area contributed by atoms with E-state index in [1.807, 2.05) is 18.2 Å². The van der Waals surface area contributed by atoms with E-state index in [1.54, 1.807) is 12.3 Å². The van der Waals surface area contributed by atoms with E-state index in [0.29, 0.717) is 5.69 Å². The van der Waals surface area contributed by atoms with E-state index in [9.17, 15) is 4.79 Å². The minimum atomic E-state index is -0.239. The van der Waals surface area contributed by atoms with Crippen LogP contribution in [0.3, 0.4) is 0 Å². The lowest BCUT2D eigenvalue weighted by Crippen LogP contribution is -2.26. The van der Waals surface area contributed by atoms with Crippen molar-refractivity contribution in [1.82, 2.24) is 10.3 Å². The third-order valence-corrected chi connectivity index (χ3v) is 2.79. The van der Waals surface area contributed by atoms with Crippen molar-refractivity contribution >= 4 is 32.6 Å². The van der Waals surface area contributed by atoms with Crippen LogP contribution in [-0.2, 0) is 4.74 Å². The third kappa shape index (κ3) is 2.81. The van der Waals surface area contributed by atoms with Gasteiger partial charge in [0.15, 0.2) is 0 Å². The fraction of sp³-hybridized carbons (Fsp3) is 0.167. The zero-order valence-corrected chi connectivity index (χ0v) is 10.8. The van der Waals surface area contributed by atoms with Crippen LogP contribution in [-0.4, -0.2) is 24.7 Å². The van der Waals surface area contributed by atoms with Crippen LogP contribution < -0.4 is 5.32 Å². The maximum atomic E-state index is 11.7. The number of nitrogens with zero attached hydrogens (tertiary/aromatic N) is 1. The summed E-state index contributed by atoms with van der Waals surface area (Å²) in [4.78, 5) is 15.8. The molecule has 1 aromatic carbocycles. The number of amides is 1. The second-order valence-corrected chi connectivity index (χ2v) is 4.42. The molecule has 1 amide bonds. The van der Waals surface area contributed by atoms with Gasteiger partial charge in [0.2, 0.25) is 0 Å². The topological polar surface area (TPSA) is 51.2 Å². The largest absolute Gasteiger partial charge is 0.364 e. The zero-order valence-electron chi connectivity index (χ0n) is 9.24. The van der Waals surface area contributed by atoms with Gasteiger partial charge in [0.1, 0.15) is 12.4 Å². The van der Waals surface area contributed by atoms with E-state index in [-0.39, 0.29) is 12.6 Å². The molecular weight excluding hydrogens is 284 g/mol. The first-order valence-electron chi connectivity index (χ1n) is 5.03. The number of rotatable bonds is 3. The fourth-order valence-electron chi connectivity index (χ4n) is 1.46. The third-order valence-electron chi connectivity index (χ3n) is 2.29. The van der Waals surface area contributed by atoms with Crippen molar-refractivity contribution in [2.24, 2.45) is 0 Å². The van der Waals surface area contributed by atoms with Gasteiger partial charge in [-0.2, -0.15) is 0 Å². The lowest BCUT2D eigenvalue weighted by atomic mass is 10.1. The number of methoxy groups -OCH3 is 1. The SMILES string of the molecule is COCNC(=O)c1cc2ccc(Br)cc2cn1. The fourth-order valence-corrected chi connectivity index (χ4v) is 1.84. The van der Waals surface area contributed by atoms with Gasteiger partial charge in [-0.15, -0.1) is 0 Å². The number of carbonyl (C=O) groups excluding carboxylic acids is 1. The van der Waals surface area contributed by atoms with Gasteiger partial charge in [0.25, 0.3) is 5.91 Å². The van der Waals surface area contributed by atoms with E-state index in [2.05, 4.69) is 26.2 Å². The predicted octanol–water partition coefficient (Wildman–Crippen LogP) is 2.33. The Labute approximate surface area is 107 Å². The molecule has 0 bridgehead atoms. The number of fused-ring (bicyclic) bond motifs is 1. The Morgan fingerprint density at radius 2 is 2.24 bits per heavy atom. The molecule has 0 atom stereocenters. The summed E-state index contributed by atoms with van der Waals surface area (Å²) in [5.74, 6) is -0.239. The summed E-state index contributed by atoms with van der Waals surface area (Å²) < 4.78 is 5.76. The molecule has 0 fully saturated rings. The highest BCUT2D eigenvalue weighted by atomic mass is 79.9. The second-order valence-electron chi connectivity index (χ2n) is 3.50. The van der Waals surface area contributed by atoms with Gasteiger partial charge in [-0.3, -0.25) is 9.78 Å². The number of carbonyl (C=O) groups is 1. The van der Waals surface area contributed by atoms with Crippen molar-refractivity contribution in [2.75, 3.05) is 13.8 Å². The van der Waals surface area contributed by atoms with Crippen molar-refractivity contribution in [1.29, 1.82) is 0 Å². The first-order valence-corrected chi connectivity index (χ1v) is 5.82. The van der Waals surface area contributed by atoms with Gasteiger partial charge in [-0.25, -0.2) is 0 Å². The Morgan fingerprint density at radius 3 is 3.00 bits per heavy atom. The van der Waals surface area contributed by atoms with Crippen LogP contribution in [0.2, 0.25) is 0 Å². The zero-order chi connectivity index (χ0) is 12.3. The molecule has 17 heavy (non-hydrogen) atoms.